The Morgan fingerprint density at radius 3 is 2.67 bits per heavy atom. The molecule has 0 fully saturated rings. The lowest BCUT2D eigenvalue weighted by atomic mass is 10.1. The molecule has 4 nitrogen and oxygen atoms in total. The van der Waals surface area contributed by atoms with Crippen LogP contribution in [-0.4, -0.2) is 17.2 Å². The highest BCUT2D eigenvalue weighted by atomic mass is 16.3. The van der Waals surface area contributed by atoms with Gasteiger partial charge in [-0.15, -0.1) is 0 Å². The van der Waals surface area contributed by atoms with Crippen LogP contribution >= 0.6 is 0 Å². The molecule has 1 aromatic rings. The summed E-state index contributed by atoms with van der Waals surface area (Å²) in [4.78, 5) is 11.7. The monoisotopic (exact) mass is 286 g/mol. The molecule has 0 bridgehead atoms. The molecule has 0 atom stereocenters. The van der Waals surface area contributed by atoms with Crippen molar-refractivity contribution in [2.24, 2.45) is 5.10 Å². The number of phenols is 1. The number of para-hydroxylation sites is 1. The van der Waals surface area contributed by atoms with Crippen molar-refractivity contribution >= 4 is 12.1 Å². The summed E-state index contributed by atoms with van der Waals surface area (Å²) >= 11 is 0. The van der Waals surface area contributed by atoms with Gasteiger partial charge in [-0.25, -0.2) is 5.43 Å². The number of nitrogens with zero attached hydrogens (tertiary/aromatic N) is 1. The predicted molar refractivity (Wildman–Crippen MR) is 86.5 cm³/mol. The van der Waals surface area contributed by atoms with Gasteiger partial charge in [-0.2, -0.15) is 5.10 Å². The number of amides is 1. The molecule has 1 rings (SSSR count). The first-order chi connectivity index (χ1) is 10.0. The maximum Gasteiger partial charge on any atom is 0.275 e. The molecule has 0 aliphatic heterocycles. The summed E-state index contributed by atoms with van der Waals surface area (Å²) in [5.41, 5.74) is 5.09. The fourth-order valence-electron chi connectivity index (χ4n) is 1.66. The zero-order valence-corrected chi connectivity index (χ0v) is 12.8. The highest BCUT2D eigenvalue weighted by Crippen LogP contribution is 2.14. The smallest absolute Gasteiger partial charge is 0.275 e. The lowest BCUT2D eigenvalue weighted by Gasteiger charge is -2.01. The number of phenolic OH excluding ortho intramolecular Hbond substituents is 1. The van der Waals surface area contributed by atoms with Crippen LogP contribution < -0.4 is 5.43 Å². The Morgan fingerprint density at radius 1 is 1.29 bits per heavy atom. The number of allylic oxidation sites excluding steroid dienone is 4. The van der Waals surface area contributed by atoms with Gasteiger partial charge in [-0.05, 0) is 51.8 Å². The quantitative estimate of drug-likeness (QED) is 0.474. The molecule has 0 radical (unpaired) electrons. The van der Waals surface area contributed by atoms with E-state index in [9.17, 15) is 9.90 Å². The molecule has 0 saturated heterocycles. The second-order valence-electron chi connectivity index (χ2n) is 5.07. The normalized spacial score (nSPS) is 11.5. The lowest BCUT2D eigenvalue weighted by Crippen LogP contribution is -2.17. The van der Waals surface area contributed by atoms with Crippen LogP contribution in [0, 0.1) is 0 Å². The number of hydrogen-bond acceptors (Lipinski definition) is 3. The summed E-state index contributed by atoms with van der Waals surface area (Å²) < 4.78 is 0. The molecule has 21 heavy (non-hydrogen) atoms. The van der Waals surface area contributed by atoms with E-state index in [1.807, 2.05) is 13.0 Å². The predicted octanol–water partition coefficient (Wildman–Crippen LogP) is 3.80. The largest absolute Gasteiger partial charge is 0.507 e. The zero-order valence-electron chi connectivity index (χ0n) is 12.8. The minimum atomic E-state index is -0.431. The molecule has 0 saturated carbocycles. The van der Waals surface area contributed by atoms with Crippen molar-refractivity contribution in [1.29, 1.82) is 0 Å². The number of nitrogens with one attached hydrogen (secondary N) is 1. The number of hydrazone groups is 1. The van der Waals surface area contributed by atoms with E-state index in [0.717, 1.165) is 12.8 Å². The van der Waals surface area contributed by atoms with E-state index in [1.54, 1.807) is 24.4 Å². The van der Waals surface area contributed by atoms with E-state index in [0.29, 0.717) is 0 Å². The first-order valence-corrected chi connectivity index (χ1v) is 6.91. The number of aromatic hydroxyl groups is 1. The number of benzene rings is 1. The molecule has 1 amide bonds. The van der Waals surface area contributed by atoms with Gasteiger partial charge in [0.2, 0.25) is 0 Å². The third-order valence-corrected chi connectivity index (χ3v) is 2.84. The first-order valence-electron chi connectivity index (χ1n) is 6.91. The highest BCUT2D eigenvalue weighted by Gasteiger charge is 2.08. The Morgan fingerprint density at radius 2 is 2.00 bits per heavy atom. The van der Waals surface area contributed by atoms with Gasteiger partial charge in [0.25, 0.3) is 5.91 Å². The Balaban J connectivity index is 2.46. The van der Waals surface area contributed by atoms with Crippen LogP contribution in [0.15, 0.2) is 52.7 Å². The molecular weight excluding hydrogens is 264 g/mol. The summed E-state index contributed by atoms with van der Waals surface area (Å²) in [6.45, 7) is 6.18. The first kappa shape index (κ1) is 16.7. The molecule has 0 aromatic heterocycles. The maximum atomic E-state index is 11.7. The molecule has 0 aliphatic carbocycles. The van der Waals surface area contributed by atoms with Crippen LogP contribution in [0.5, 0.6) is 5.75 Å². The van der Waals surface area contributed by atoms with Crippen molar-refractivity contribution in [3.63, 3.8) is 0 Å². The molecule has 0 aliphatic rings. The summed E-state index contributed by atoms with van der Waals surface area (Å²) in [7, 11) is 0. The van der Waals surface area contributed by atoms with E-state index in [2.05, 4.69) is 30.5 Å². The number of carbonyl (C=O) groups excluding carboxylic acids is 1. The molecular formula is C17H22N2O2. The highest BCUT2D eigenvalue weighted by molar-refractivity contribution is 5.97. The van der Waals surface area contributed by atoms with Gasteiger partial charge in [0.1, 0.15) is 5.75 Å². The van der Waals surface area contributed by atoms with Crippen LogP contribution in [0.1, 0.15) is 44.0 Å². The van der Waals surface area contributed by atoms with E-state index < -0.39 is 5.91 Å². The third kappa shape index (κ3) is 6.56. The van der Waals surface area contributed by atoms with Crippen LogP contribution in [0.25, 0.3) is 0 Å². The molecule has 4 heteroatoms. The van der Waals surface area contributed by atoms with E-state index in [4.69, 9.17) is 0 Å². The molecule has 0 spiro atoms. The number of carbonyl (C=O) groups is 1. The van der Waals surface area contributed by atoms with Crippen molar-refractivity contribution in [2.45, 2.75) is 33.6 Å². The van der Waals surface area contributed by atoms with E-state index >= 15 is 0 Å². The fourth-order valence-corrected chi connectivity index (χ4v) is 1.66. The topological polar surface area (TPSA) is 61.7 Å². The van der Waals surface area contributed by atoms with Crippen LogP contribution in [0.4, 0.5) is 0 Å². The van der Waals surface area contributed by atoms with E-state index in [-0.39, 0.29) is 11.3 Å². The SMILES string of the molecule is CC(C)=CCC/C(C)=C/C=N\NC(=O)c1ccccc1O. The average Bonchev–Trinajstić information content (AvgIpc) is 2.43. The van der Waals surface area contributed by atoms with Crippen molar-refractivity contribution in [2.75, 3.05) is 0 Å². The van der Waals surface area contributed by atoms with Gasteiger partial charge in [0, 0.05) is 6.21 Å². The van der Waals surface area contributed by atoms with Gasteiger partial charge >= 0.3 is 0 Å². The zero-order chi connectivity index (χ0) is 15.7. The maximum absolute atomic E-state index is 11.7. The molecule has 112 valence electrons. The van der Waals surface area contributed by atoms with Crippen molar-refractivity contribution in [3.05, 3.63) is 53.1 Å². The van der Waals surface area contributed by atoms with Crippen molar-refractivity contribution in [1.82, 2.24) is 5.43 Å². The molecule has 0 unspecified atom stereocenters. The standard InChI is InChI=1S/C17H22N2O2/c1-13(2)7-6-8-14(3)11-12-18-19-17(21)15-9-4-5-10-16(15)20/h4-5,7,9-12,20H,6,8H2,1-3H3,(H,19,21)/b14-11+,18-12-. The Kier molecular flexibility index (Phi) is 6.95. The molecule has 0 heterocycles. The van der Waals surface area contributed by atoms with Gasteiger partial charge in [0.05, 0.1) is 5.56 Å². The van der Waals surface area contributed by atoms with Gasteiger partial charge in [-0.1, -0.05) is 29.4 Å². The minimum Gasteiger partial charge on any atom is -0.507 e. The number of rotatable bonds is 6. The molecule has 1 aromatic carbocycles. The average molecular weight is 286 g/mol. The van der Waals surface area contributed by atoms with Gasteiger partial charge in [0.15, 0.2) is 0 Å². The Hall–Kier alpha value is -2.36. The van der Waals surface area contributed by atoms with Crippen molar-refractivity contribution in [3.8, 4) is 5.75 Å². The molecule has 2 N–H and O–H groups in total. The summed E-state index contributed by atoms with van der Waals surface area (Å²) in [6.07, 6.45) is 7.57. The Labute approximate surface area is 125 Å². The summed E-state index contributed by atoms with van der Waals surface area (Å²) in [6, 6.07) is 6.35. The second kappa shape index (κ2) is 8.74. The van der Waals surface area contributed by atoms with Crippen molar-refractivity contribution < 1.29 is 9.90 Å². The summed E-state index contributed by atoms with van der Waals surface area (Å²) in [5, 5.41) is 13.4. The van der Waals surface area contributed by atoms with Gasteiger partial charge in [-0.3, -0.25) is 4.79 Å². The van der Waals surface area contributed by atoms with Crippen LogP contribution in [0.3, 0.4) is 0 Å². The second-order valence-corrected chi connectivity index (χ2v) is 5.07. The summed E-state index contributed by atoms with van der Waals surface area (Å²) in [5.74, 6) is -0.487. The van der Waals surface area contributed by atoms with Gasteiger partial charge < -0.3 is 5.11 Å². The lowest BCUT2D eigenvalue weighted by molar-refractivity contribution is 0.0952. The van der Waals surface area contributed by atoms with Crippen LogP contribution in [0.2, 0.25) is 0 Å². The Bertz CT molecular complexity index is 568. The third-order valence-electron chi connectivity index (χ3n) is 2.84. The van der Waals surface area contributed by atoms with Crippen LogP contribution in [-0.2, 0) is 0 Å². The minimum absolute atomic E-state index is 0.0568. The fraction of sp³-hybridized carbons (Fsp3) is 0.294. The van der Waals surface area contributed by atoms with E-state index in [1.165, 1.54) is 17.2 Å². The number of hydrogen-bond donors (Lipinski definition) is 2.